The van der Waals surface area contributed by atoms with Crippen molar-refractivity contribution in [3.8, 4) is 0 Å². The molecule has 0 saturated carbocycles. The summed E-state index contributed by atoms with van der Waals surface area (Å²) in [6, 6.07) is 16.5. The van der Waals surface area contributed by atoms with Gasteiger partial charge in [-0.3, -0.25) is 9.79 Å². The van der Waals surface area contributed by atoms with E-state index >= 15 is 0 Å². The number of nitrogens with one attached hydrogen (secondary N) is 2. The SMILES string of the molecule is CCOCc1ccc(CNC(=NC)NCc2ccc(N3CCCC3=O)cc2)cc1.I. The molecule has 1 saturated heterocycles. The molecule has 0 radical (unpaired) electrons. The maximum absolute atomic E-state index is 11.9. The summed E-state index contributed by atoms with van der Waals surface area (Å²) < 4.78 is 5.43. The molecule has 30 heavy (non-hydrogen) atoms. The van der Waals surface area contributed by atoms with Gasteiger partial charge in [-0.15, -0.1) is 24.0 Å². The highest BCUT2D eigenvalue weighted by molar-refractivity contribution is 14.0. The van der Waals surface area contributed by atoms with Gasteiger partial charge in [0.05, 0.1) is 6.61 Å². The van der Waals surface area contributed by atoms with Crippen molar-refractivity contribution in [2.45, 2.75) is 39.5 Å². The van der Waals surface area contributed by atoms with Crippen LogP contribution in [0.2, 0.25) is 0 Å². The third-order valence-corrected chi connectivity index (χ3v) is 4.96. The van der Waals surface area contributed by atoms with Gasteiger partial charge in [-0.1, -0.05) is 36.4 Å². The number of hydrogen-bond acceptors (Lipinski definition) is 3. The molecule has 0 unspecified atom stereocenters. The number of guanidine groups is 1. The summed E-state index contributed by atoms with van der Waals surface area (Å²) in [4.78, 5) is 18.0. The van der Waals surface area contributed by atoms with E-state index in [2.05, 4.69) is 52.0 Å². The van der Waals surface area contributed by atoms with E-state index in [4.69, 9.17) is 4.74 Å². The first-order valence-corrected chi connectivity index (χ1v) is 10.2. The van der Waals surface area contributed by atoms with E-state index in [1.165, 1.54) is 11.1 Å². The second-order valence-electron chi connectivity index (χ2n) is 7.05. The summed E-state index contributed by atoms with van der Waals surface area (Å²) in [5.74, 6) is 0.966. The minimum absolute atomic E-state index is 0. The summed E-state index contributed by atoms with van der Waals surface area (Å²) in [5, 5.41) is 6.67. The molecule has 3 rings (SSSR count). The smallest absolute Gasteiger partial charge is 0.227 e. The number of benzene rings is 2. The third kappa shape index (κ3) is 6.98. The number of ether oxygens (including phenoxy) is 1. The summed E-state index contributed by atoms with van der Waals surface area (Å²) in [7, 11) is 1.77. The average Bonchev–Trinajstić information content (AvgIpc) is 3.19. The van der Waals surface area contributed by atoms with Crippen LogP contribution >= 0.6 is 24.0 Å². The van der Waals surface area contributed by atoms with Crippen LogP contribution in [0.3, 0.4) is 0 Å². The fourth-order valence-corrected chi connectivity index (χ4v) is 3.28. The molecule has 0 aliphatic carbocycles. The van der Waals surface area contributed by atoms with Crippen LogP contribution < -0.4 is 15.5 Å². The quantitative estimate of drug-likeness (QED) is 0.314. The highest BCUT2D eigenvalue weighted by Crippen LogP contribution is 2.21. The standard InChI is InChI=1S/C23H30N4O2.HI/c1-3-29-17-20-8-6-18(7-9-20)15-25-23(24-2)26-16-19-10-12-21(13-11-19)27-14-4-5-22(27)28;/h6-13H,3-5,14-17H2,1-2H3,(H2,24,25,26);1H. The van der Waals surface area contributed by atoms with E-state index in [-0.39, 0.29) is 29.9 Å². The summed E-state index contributed by atoms with van der Waals surface area (Å²) in [6.45, 7) is 5.56. The lowest BCUT2D eigenvalue weighted by Gasteiger charge is -2.16. The predicted octanol–water partition coefficient (Wildman–Crippen LogP) is 3.83. The molecule has 1 fully saturated rings. The van der Waals surface area contributed by atoms with Gasteiger partial charge in [-0.25, -0.2) is 0 Å². The molecule has 2 N–H and O–H groups in total. The van der Waals surface area contributed by atoms with Gasteiger partial charge in [0.25, 0.3) is 0 Å². The molecular formula is C23H31IN4O2. The zero-order valence-corrected chi connectivity index (χ0v) is 20.0. The monoisotopic (exact) mass is 522 g/mol. The van der Waals surface area contributed by atoms with Gasteiger partial charge in [0.2, 0.25) is 5.91 Å². The minimum Gasteiger partial charge on any atom is -0.377 e. The first-order valence-electron chi connectivity index (χ1n) is 10.2. The van der Waals surface area contributed by atoms with Crippen LogP contribution in [-0.2, 0) is 29.2 Å². The Morgan fingerprint density at radius 1 is 1.00 bits per heavy atom. The van der Waals surface area contributed by atoms with Crippen molar-refractivity contribution >= 4 is 41.5 Å². The average molecular weight is 522 g/mol. The van der Waals surface area contributed by atoms with Crippen molar-refractivity contribution in [1.82, 2.24) is 10.6 Å². The zero-order chi connectivity index (χ0) is 20.5. The molecule has 0 aromatic heterocycles. The van der Waals surface area contributed by atoms with E-state index in [1.54, 1.807) is 7.05 Å². The molecule has 0 bridgehead atoms. The van der Waals surface area contributed by atoms with Crippen LogP contribution in [0.4, 0.5) is 5.69 Å². The molecule has 0 spiro atoms. The van der Waals surface area contributed by atoms with Crippen LogP contribution in [0.1, 0.15) is 36.5 Å². The first kappa shape index (κ1) is 24.1. The van der Waals surface area contributed by atoms with Crippen molar-refractivity contribution in [2.24, 2.45) is 4.99 Å². The zero-order valence-electron chi connectivity index (χ0n) is 17.7. The molecule has 1 heterocycles. The maximum atomic E-state index is 11.9. The Balaban J connectivity index is 0.00000320. The van der Waals surface area contributed by atoms with Crippen molar-refractivity contribution in [1.29, 1.82) is 0 Å². The molecular weight excluding hydrogens is 491 g/mol. The Morgan fingerprint density at radius 2 is 1.57 bits per heavy atom. The van der Waals surface area contributed by atoms with Crippen LogP contribution in [-0.4, -0.2) is 32.1 Å². The van der Waals surface area contributed by atoms with Gasteiger partial charge >= 0.3 is 0 Å². The van der Waals surface area contributed by atoms with E-state index in [0.29, 0.717) is 26.1 Å². The Kier molecular flexibility index (Phi) is 10.1. The van der Waals surface area contributed by atoms with E-state index < -0.39 is 0 Å². The molecule has 0 atom stereocenters. The Labute approximate surface area is 196 Å². The largest absolute Gasteiger partial charge is 0.377 e. The Bertz CT molecular complexity index is 822. The van der Waals surface area contributed by atoms with Gasteiger partial charge in [0.15, 0.2) is 5.96 Å². The number of rotatable bonds is 8. The highest BCUT2D eigenvalue weighted by atomic mass is 127. The molecule has 1 amide bonds. The maximum Gasteiger partial charge on any atom is 0.227 e. The minimum atomic E-state index is 0. The van der Waals surface area contributed by atoms with Gasteiger partial charge in [-0.2, -0.15) is 0 Å². The van der Waals surface area contributed by atoms with E-state index in [0.717, 1.165) is 36.8 Å². The van der Waals surface area contributed by atoms with Crippen LogP contribution in [0.15, 0.2) is 53.5 Å². The van der Waals surface area contributed by atoms with Gasteiger partial charge in [-0.05, 0) is 42.2 Å². The van der Waals surface area contributed by atoms with Crippen LogP contribution in [0, 0.1) is 0 Å². The molecule has 1 aliphatic rings. The fraction of sp³-hybridized carbons (Fsp3) is 0.391. The normalized spacial score (nSPS) is 13.9. The summed E-state index contributed by atoms with van der Waals surface area (Å²) in [6.07, 6.45) is 1.60. The van der Waals surface area contributed by atoms with Crippen LogP contribution in [0.5, 0.6) is 0 Å². The second-order valence-corrected chi connectivity index (χ2v) is 7.05. The van der Waals surface area contributed by atoms with Gasteiger partial charge < -0.3 is 20.3 Å². The summed E-state index contributed by atoms with van der Waals surface area (Å²) >= 11 is 0. The topological polar surface area (TPSA) is 66.0 Å². The molecule has 162 valence electrons. The number of aliphatic imine (C=N–C) groups is 1. The molecule has 2 aromatic carbocycles. The highest BCUT2D eigenvalue weighted by Gasteiger charge is 2.21. The van der Waals surface area contributed by atoms with Crippen molar-refractivity contribution in [3.63, 3.8) is 0 Å². The number of nitrogens with zero attached hydrogens (tertiary/aromatic N) is 2. The van der Waals surface area contributed by atoms with E-state index in [9.17, 15) is 4.79 Å². The third-order valence-electron chi connectivity index (χ3n) is 4.96. The lowest BCUT2D eigenvalue weighted by molar-refractivity contribution is -0.117. The second kappa shape index (κ2) is 12.5. The van der Waals surface area contributed by atoms with Gasteiger partial charge in [0, 0.05) is 45.4 Å². The van der Waals surface area contributed by atoms with Crippen molar-refractivity contribution in [3.05, 3.63) is 65.2 Å². The molecule has 1 aliphatic heterocycles. The molecule has 7 heteroatoms. The number of amides is 1. The molecule has 6 nitrogen and oxygen atoms in total. The first-order chi connectivity index (χ1) is 14.2. The van der Waals surface area contributed by atoms with Crippen LogP contribution in [0.25, 0.3) is 0 Å². The lowest BCUT2D eigenvalue weighted by atomic mass is 10.1. The summed E-state index contributed by atoms with van der Waals surface area (Å²) in [5.41, 5.74) is 4.49. The Hall–Kier alpha value is -2.13. The van der Waals surface area contributed by atoms with E-state index in [1.807, 2.05) is 24.0 Å². The van der Waals surface area contributed by atoms with Crippen molar-refractivity contribution < 1.29 is 9.53 Å². The Morgan fingerprint density at radius 3 is 2.07 bits per heavy atom. The van der Waals surface area contributed by atoms with Gasteiger partial charge in [0.1, 0.15) is 0 Å². The number of hydrogen-bond donors (Lipinski definition) is 2. The number of halogens is 1. The number of carbonyl (C=O) groups is 1. The lowest BCUT2D eigenvalue weighted by Crippen LogP contribution is -2.36. The van der Waals surface area contributed by atoms with Crippen molar-refractivity contribution in [2.75, 3.05) is 25.1 Å². The number of anilines is 1. The molecule has 2 aromatic rings. The predicted molar refractivity (Wildman–Crippen MR) is 132 cm³/mol. The fourth-order valence-electron chi connectivity index (χ4n) is 3.28. The number of carbonyl (C=O) groups excluding carboxylic acids is 1.